The van der Waals surface area contributed by atoms with Crippen LogP contribution in [0.4, 0.5) is 23.7 Å². The standard InChI is InChI=1S/C27H37F3N6O4/c1-25(2,3)40-24(38)35-15-11-26(10-13-31,12-16-35)36-19-9-14-32-23(37)20(19)22(34-36)33-18-7-5-17(6-8-18)21(39-4)27(28,29)30/h5-8,19-22,33-34H,9-12,14-16H2,1-4H3,(H,32,37)/t19?,20?,21-,22?/m1/s1. The number of rotatable bonds is 6. The van der Waals surface area contributed by atoms with E-state index in [1.165, 1.54) is 24.3 Å². The van der Waals surface area contributed by atoms with Gasteiger partial charge in [0.05, 0.1) is 23.9 Å². The Hall–Kier alpha value is -3.08. The molecule has 0 spiro atoms. The van der Waals surface area contributed by atoms with Crippen molar-refractivity contribution in [3.05, 3.63) is 29.8 Å². The molecule has 0 saturated carbocycles. The summed E-state index contributed by atoms with van der Waals surface area (Å²) >= 11 is 0. The lowest BCUT2D eigenvalue weighted by Crippen LogP contribution is -2.62. The van der Waals surface area contributed by atoms with Crippen molar-refractivity contribution in [3.63, 3.8) is 0 Å². The molecule has 0 aromatic heterocycles. The predicted octanol–water partition coefficient (Wildman–Crippen LogP) is 3.68. The number of likely N-dealkylation sites (tertiary alicyclic amines) is 1. The summed E-state index contributed by atoms with van der Waals surface area (Å²) in [5.41, 5.74) is 2.70. The normalized spacial score (nSPS) is 25.9. The molecule has 4 rings (SSSR count). The Balaban J connectivity index is 1.53. The van der Waals surface area contributed by atoms with Gasteiger partial charge in [-0.1, -0.05) is 12.1 Å². The van der Waals surface area contributed by atoms with Crippen LogP contribution in [-0.4, -0.2) is 78.2 Å². The Morgan fingerprint density at radius 1 is 1.23 bits per heavy atom. The molecule has 40 heavy (non-hydrogen) atoms. The summed E-state index contributed by atoms with van der Waals surface area (Å²) in [5, 5.41) is 18.0. The smallest absolute Gasteiger partial charge is 0.418 e. The van der Waals surface area contributed by atoms with Crippen molar-refractivity contribution in [3.8, 4) is 6.07 Å². The van der Waals surface area contributed by atoms with Gasteiger partial charge in [0.1, 0.15) is 11.8 Å². The van der Waals surface area contributed by atoms with Gasteiger partial charge < -0.3 is 25.0 Å². The van der Waals surface area contributed by atoms with Crippen LogP contribution >= 0.6 is 0 Å². The molecule has 3 heterocycles. The zero-order valence-electron chi connectivity index (χ0n) is 23.2. The monoisotopic (exact) mass is 566 g/mol. The minimum atomic E-state index is -4.54. The highest BCUT2D eigenvalue weighted by Gasteiger charge is 2.55. The van der Waals surface area contributed by atoms with Crippen LogP contribution in [0.15, 0.2) is 24.3 Å². The zero-order chi connectivity index (χ0) is 29.3. The highest BCUT2D eigenvalue weighted by Crippen LogP contribution is 2.41. The molecule has 3 aliphatic heterocycles. The number of carbonyl (C=O) groups excluding carboxylic acids is 2. The molecule has 3 saturated heterocycles. The van der Waals surface area contributed by atoms with Gasteiger partial charge in [-0.3, -0.25) is 4.79 Å². The summed E-state index contributed by atoms with van der Waals surface area (Å²) in [6, 6.07) is 7.83. The number of methoxy groups -OCH3 is 1. The van der Waals surface area contributed by atoms with E-state index < -0.39 is 41.6 Å². The van der Waals surface area contributed by atoms with Gasteiger partial charge in [-0.15, -0.1) is 0 Å². The number of anilines is 1. The van der Waals surface area contributed by atoms with Crippen molar-refractivity contribution in [2.45, 2.75) is 82.1 Å². The molecule has 10 nitrogen and oxygen atoms in total. The van der Waals surface area contributed by atoms with E-state index >= 15 is 0 Å². The summed E-state index contributed by atoms with van der Waals surface area (Å²) < 4.78 is 50.0. The van der Waals surface area contributed by atoms with Gasteiger partial charge in [0.2, 0.25) is 5.91 Å². The van der Waals surface area contributed by atoms with Crippen molar-refractivity contribution in [1.29, 1.82) is 5.26 Å². The number of nitrogens with one attached hydrogen (secondary N) is 3. The molecule has 3 aliphatic rings. The van der Waals surface area contributed by atoms with Crippen molar-refractivity contribution >= 4 is 17.7 Å². The van der Waals surface area contributed by atoms with E-state index in [1.54, 1.807) is 4.90 Å². The maximum absolute atomic E-state index is 13.3. The topological polar surface area (TPSA) is 119 Å². The van der Waals surface area contributed by atoms with E-state index in [4.69, 9.17) is 4.74 Å². The van der Waals surface area contributed by atoms with Gasteiger partial charge in [0, 0.05) is 38.5 Å². The largest absolute Gasteiger partial charge is 0.444 e. The molecule has 1 aromatic carbocycles. The van der Waals surface area contributed by atoms with Crippen molar-refractivity contribution in [2.75, 3.05) is 32.1 Å². The molecule has 0 aliphatic carbocycles. The summed E-state index contributed by atoms with van der Waals surface area (Å²) in [7, 11) is 1.01. The summed E-state index contributed by atoms with van der Waals surface area (Å²) in [6.45, 7) is 6.72. The number of halogens is 3. The average Bonchev–Trinajstić information content (AvgIpc) is 3.24. The second-order valence-corrected chi connectivity index (χ2v) is 11.6. The second-order valence-electron chi connectivity index (χ2n) is 11.6. The van der Waals surface area contributed by atoms with Gasteiger partial charge in [0.25, 0.3) is 0 Å². The van der Waals surface area contributed by atoms with Crippen LogP contribution in [0.2, 0.25) is 0 Å². The van der Waals surface area contributed by atoms with Gasteiger partial charge in [-0.25, -0.2) is 15.2 Å². The number of nitriles is 1. The first-order chi connectivity index (χ1) is 18.8. The molecule has 220 valence electrons. The number of carbonyl (C=O) groups is 2. The molecule has 2 amide bonds. The fourth-order valence-electron chi connectivity index (χ4n) is 5.89. The van der Waals surface area contributed by atoms with Gasteiger partial charge in [-0.05, 0) is 57.7 Å². The van der Waals surface area contributed by atoms with Crippen LogP contribution in [-0.2, 0) is 14.3 Å². The van der Waals surface area contributed by atoms with E-state index in [-0.39, 0.29) is 23.9 Å². The number of hydrogen-bond acceptors (Lipinski definition) is 8. The zero-order valence-corrected chi connectivity index (χ0v) is 23.2. The van der Waals surface area contributed by atoms with Crippen molar-refractivity contribution in [2.24, 2.45) is 5.92 Å². The van der Waals surface area contributed by atoms with Crippen molar-refractivity contribution in [1.82, 2.24) is 20.7 Å². The highest BCUT2D eigenvalue weighted by molar-refractivity contribution is 5.82. The van der Waals surface area contributed by atoms with Gasteiger partial charge in [-0.2, -0.15) is 18.4 Å². The molecule has 0 radical (unpaired) electrons. The Bertz CT molecular complexity index is 1110. The van der Waals surface area contributed by atoms with Crippen LogP contribution in [0.25, 0.3) is 0 Å². The van der Waals surface area contributed by atoms with Crippen LogP contribution in [0.5, 0.6) is 0 Å². The van der Waals surface area contributed by atoms with E-state index in [1.807, 2.05) is 25.8 Å². The first kappa shape index (κ1) is 29.9. The first-order valence-corrected chi connectivity index (χ1v) is 13.4. The number of ether oxygens (including phenoxy) is 2. The number of hydrogen-bond donors (Lipinski definition) is 3. The third-order valence-corrected chi connectivity index (χ3v) is 7.76. The van der Waals surface area contributed by atoms with Gasteiger partial charge in [0.15, 0.2) is 6.10 Å². The number of amides is 2. The molecule has 0 bridgehead atoms. The van der Waals surface area contributed by atoms with Crippen LogP contribution < -0.4 is 16.1 Å². The molecule has 13 heteroatoms. The molecular formula is C27H37F3N6O4. The SMILES string of the molecule is CO[C@H](c1ccc(NC2NN(C3(CC#N)CCN(C(=O)OC(C)(C)C)CC3)C3CCNC(=O)C23)cc1)C(F)(F)F. The van der Waals surface area contributed by atoms with E-state index in [9.17, 15) is 28.0 Å². The highest BCUT2D eigenvalue weighted by atomic mass is 19.4. The first-order valence-electron chi connectivity index (χ1n) is 13.4. The maximum Gasteiger partial charge on any atom is 0.418 e. The van der Waals surface area contributed by atoms with Crippen LogP contribution in [0.3, 0.4) is 0 Å². The Kier molecular flexibility index (Phi) is 8.54. The number of piperidine rings is 2. The molecule has 3 fully saturated rings. The average molecular weight is 567 g/mol. The molecular weight excluding hydrogens is 529 g/mol. The Morgan fingerprint density at radius 3 is 2.42 bits per heavy atom. The van der Waals surface area contributed by atoms with Crippen LogP contribution in [0, 0.1) is 17.2 Å². The Morgan fingerprint density at radius 2 is 1.88 bits per heavy atom. The minimum Gasteiger partial charge on any atom is -0.444 e. The minimum absolute atomic E-state index is 0.0282. The molecule has 1 aromatic rings. The summed E-state index contributed by atoms with van der Waals surface area (Å²) in [5.74, 6) is -0.648. The van der Waals surface area contributed by atoms with E-state index in [0.29, 0.717) is 44.6 Å². The fourth-order valence-corrected chi connectivity index (χ4v) is 5.89. The predicted molar refractivity (Wildman–Crippen MR) is 140 cm³/mol. The quantitative estimate of drug-likeness (QED) is 0.477. The number of nitrogens with zero attached hydrogens (tertiary/aromatic N) is 3. The van der Waals surface area contributed by atoms with Gasteiger partial charge >= 0.3 is 12.3 Å². The lowest BCUT2D eigenvalue weighted by Gasteiger charge is -2.48. The number of alkyl halides is 3. The lowest BCUT2D eigenvalue weighted by atomic mass is 9.81. The van der Waals surface area contributed by atoms with Crippen molar-refractivity contribution < 1.29 is 32.2 Å². The lowest BCUT2D eigenvalue weighted by molar-refractivity contribution is -0.215. The second kappa shape index (κ2) is 11.4. The Labute approximate surface area is 232 Å². The summed E-state index contributed by atoms with van der Waals surface area (Å²) in [4.78, 5) is 27.3. The maximum atomic E-state index is 13.3. The molecule has 4 atom stereocenters. The molecule has 3 N–H and O–H groups in total. The fraction of sp³-hybridized carbons (Fsp3) is 0.667. The number of benzene rings is 1. The third kappa shape index (κ3) is 6.29. The van der Waals surface area contributed by atoms with E-state index in [2.05, 4.69) is 26.9 Å². The third-order valence-electron chi connectivity index (χ3n) is 7.76. The van der Waals surface area contributed by atoms with Crippen LogP contribution in [0.1, 0.15) is 58.1 Å². The van der Waals surface area contributed by atoms with E-state index in [0.717, 1.165) is 7.11 Å². The number of fused-ring (bicyclic) bond motifs is 1. The molecule has 3 unspecified atom stereocenters. The summed E-state index contributed by atoms with van der Waals surface area (Å²) in [6.07, 6.45) is -5.66. The number of hydrazine groups is 1.